The molecule has 29 heavy (non-hydrogen) atoms. The Labute approximate surface area is 167 Å². The van der Waals surface area contributed by atoms with Crippen molar-refractivity contribution in [3.63, 3.8) is 0 Å². The molecule has 0 aromatic heterocycles. The van der Waals surface area contributed by atoms with E-state index in [9.17, 15) is 19.7 Å². The van der Waals surface area contributed by atoms with Gasteiger partial charge in [0.15, 0.2) is 0 Å². The van der Waals surface area contributed by atoms with Crippen molar-refractivity contribution in [2.75, 3.05) is 26.1 Å². The molecule has 3 rings (SSSR count). The summed E-state index contributed by atoms with van der Waals surface area (Å²) in [7, 11) is 2.72. The minimum atomic E-state index is -0.590. The SMILES string of the molecule is COC(=O)[C@H]1Cc2ccccc2CN1CC(=O)Nc1cc([N+](=O)[O-])ccc1OC. The highest BCUT2D eigenvalue weighted by Crippen LogP contribution is 2.29. The Morgan fingerprint density at radius 3 is 2.59 bits per heavy atom. The number of anilines is 1. The Balaban J connectivity index is 1.79. The maximum absolute atomic E-state index is 12.7. The first-order valence-electron chi connectivity index (χ1n) is 8.94. The van der Waals surface area contributed by atoms with Crippen molar-refractivity contribution in [1.82, 2.24) is 4.90 Å². The molecule has 0 unspecified atom stereocenters. The van der Waals surface area contributed by atoms with E-state index < -0.39 is 22.8 Å². The third-order valence-electron chi connectivity index (χ3n) is 4.83. The third-order valence-corrected chi connectivity index (χ3v) is 4.83. The summed E-state index contributed by atoms with van der Waals surface area (Å²) in [4.78, 5) is 37.1. The van der Waals surface area contributed by atoms with Gasteiger partial charge in [-0.1, -0.05) is 24.3 Å². The van der Waals surface area contributed by atoms with Gasteiger partial charge in [0.1, 0.15) is 11.8 Å². The number of ether oxygens (including phenoxy) is 2. The summed E-state index contributed by atoms with van der Waals surface area (Å²) < 4.78 is 10.1. The average Bonchev–Trinajstić information content (AvgIpc) is 2.72. The van der Waals surface area contributed by atoms with Crippen molar-refractivity contribution in [3.8, 4) is 5.75 Å². The number of hydrogen-bond donors (Lipinski definition) is 1. The van der Waals surface area contributed by atoms with Gasteiger partial charge in [0.05, 0.1) is 31.4 Å². The van der Waals surface area contributed by atoms with Gasteiger partial charge in [-0.2, -0.15) is 0 Å². The molecular weight excluding hydrogens is 378 g/mol. The maximum atomic E-state index is 12.7. The number of carbonyl (C=O) groups excluding carboxylic acids is 2. The van der Waals surface area contributed by atoms with Crippen molar-refractivity contribution in [2.24, 2.45) is 0 Å². The van der Waals surface area contributed by atoms with E-state index in [1.54, 1.807) is 4.90 Å². The number of benzene rings is 2. The Morgan fingerprint density at radius 1 is 1.21 bits per heavy atom. The van der Waals surface area contributed by atoms with Crippen LogP contribution in [0.1, 0.15) is 11.1 Å². The lowest BCUT2D eigenvalue weighted by Crippen LogP contribution is -2.49. The predicted molar refractivity (Wildman–Crippen MR) is 105 cm³/mol. The Bertz CT molecular complexity index is 946. The monoisotopic (exact) mass is 399 g/mol. The van der Waals surface area contributed by atoms with Gasteiger partial charge in [-0.3, -0.25) is 24.6 Å². The van der Waals surface area contributed by atoms with Gasteiger partial charge in [-0.25, -0.2) is 0 Å². The number of amides is 1. The molecule has 1 amide bonds. The summed E-state index contributed by atoms with van der Waals surface area (Å²) in [5, 5.41) is 13.7. The molecule has 0 aliphatic carbocycles. The van der Waals surface area contributed by atoms with Crippen LogP contribution in [0, 0.1) is 10.1 Å². The summed E-state index contributed by atoms with van der Waals surface area (Å²) in [6.45, 7) is 0.329. The van der Waals surface area contributed by atoms with E-state index in [4.69, 9.17) is 9.47 Å². The highest BCUT2D eigenvalue weighted by atomic mass is 16.6. The fraction of sp³-hybridized carbons (Fsp3) is 0.300. The zero-order valence-corrected chi connectivity index (χ0v) is 16.1. The topological polar surface area (TPSA) is 111 Å². The largest absolute Gasteiger partial charge is 0.495 e. The van der Waals surface area contributed by atoms with E-state index in [1.807, 2.05) is 24.3 Å². The van der Waals surface area contributed by atoms with Crippen LogP contribution in [-0.2, 0) is 27.3 Å². The standard InChI is InChI=1S/C20H21N3O6/c1-28-18-8-7-15(23(26)27)10-16(18)21-19(24)12-22-11-14-6-4-3-5-13(14)9-17(22)20(25)29-2/h3-8,10,17H,9,11-12H2,1-2H3,(H,21,24)/t17-/m1/s1. The third kappa shape index (κ3) is 4.52. The quantitative estimate of drug-likeness (QED) is 0.450. The van der Waals surface area contributed by atoms with Crippen molar-refractivity contribution in [2.45, 2.75) is 19.0 Å². The highest BCUT2D eigenvalue weighted by Gasteiger charge is 2.33. The molecule has 1 aliphatic heterocycles. The molecule has 2 aromatic carbocycles. The minimum Gasteiger partial charge on any atom is -0.495 e. The molecule has 0 fully saturated rings. The van der Waals surface area contributed by atoms with Crippen LogP contribution >= 0.6 is 0 Å². The molecule has 0 bridgehead atoms. The van der Waals surface area contributed by atoms with Crippen LogP contribution < -0.4 is 10.1 Å². The molecule has 1 heterocycles. The number of esters is 1. The molecule has 0 saturated heterocycles. The highest BCUT2D eigenvalue weighted by molar-refractivity contribution is 5.94. The number of carbonyl (C=O) groups is 2. The smallest absolute Gasteiger partial charge is 0.323 e. The molecule has 1 atom stereocenters. The fourth-order valence-corrected chi connectivity index (χ4v) is 3.39. The van der Waals surface area contributed by atoms with Crippen molar-refractivity contribution < 1.29 is 24.0 Å². The minimum absolute atomic E-state index is 0.0834. The van der Waals surface area contributed by atoms with Gasteiger partial charge in [-0.05, 0) is 23.6 Å². The predicted octanol–water partition coefficient (Wildman–Crippen LogP) is 2.14. The first-order chi connectivity index (χ1) is 13.9. The van der Waals surface area contributed by atoms with Crippen LogP contribution in [0.5, 0.6) is 5.75 Å². The van der Waals surface area contributed by atoms with Crippen LogP contribution in [0.25, 0.3) is 0 Å². The van der Waals surface area contributed by atoms with E-state index in [1.165, 1.54) is 32.4 Å². The summed E-state index contributed by atoms with van der Waals surface area (Å²) >= 11 is 0. The van der Waals surface area contributed by atoms with Crippen molar-refractivity contribution >= 4 is 23.3 Å². The van der Waals surface area contributed by atoms with Gasteiger partial charge in [0.2, 0.25) is 5.91 Å². The second-order valence-electron chi connectivity index (χ2n) is 6.61. The van der Waals surface area contributed by atoms with Gasteiger partial charge in [-0.15, -0.1) is 0 Å². The van der Waals surface area contributed by atoms with Gasteiger partial charge >= 0.3 is 5.97 Å². The molecule has 0 spiro atoms. The summed E-state index contributed by atoms with van der Waals surface area (Å²) in [6, 6.07) is 11.1. The summed E-state index contributed by atoms with van der Waals surface area (Å²) in [5.74, 6) is -0.533. The molecule has 2 aromatic rings. The zero-order valence-electron chi connectivity index (χ0n) is 16.1. The summed E-state index contributed by atoms with van der Waals surface area (Å²) in [5.41, 5.74) is 2.10. The van der Waals surface area contributed by atoms with Crippen LogP contribution in [-0.4, -0.2) is 48.5 Å². The number of nitro groups is 1. The van der Waals surface area contributed by atoms with Crippen molar-refractivity contribution in [3.05, 3.63) is 63.7 Å². The Kier molecular flexibility index (Phi) is 6.08. The van der Waals surface area contributed by atoms with Crippen LogP contribution in [0.3, 0.4) is 0 Å². The molecular formula is C20H21N3O6. The number of nitrogens with zero attached hydrogens (tertiary/aromatic N) is 2. The molecule has 152 valence electrons. The zero-order chi connectivity index (χ0) is 21.0. The number of fused-ring (bicyclic) bond motifs is 1. The molecule has 1 N–H and O–H groups in total. The lowest BCUT2D eigenvalue weighted by Gasteiger charge is -2.34. The average molecular weight is 399 g/mol. The van der Waals surface area contributed by atoms with Crippen LogP contribution in [0.2, 0.25) is 0 Å². The summed E-state index contributed by atoms with van der Waals surface area (Å²) in [6.07, 6.45) is 0.441. The lowest BCUT2D eigenvalue weighted by molar-refractivity contribution is -0.384. The number of methoxy groups -OCH3 is 2. The molecule has 9 heteroatoms. The van der Waals surface area contributed by atoms with Gasteiger partial charge in [0, 0.05) is 18.7 Å². The first-order valence-corrected chi connectivity index (χ1v) is 8.94. The second-order valence-corrected chi connectivity index (χ2v) is 6.61. The number of nitrogens with one attached hydrogen (secondary N) is 1. The van der Waals surface area contributed by atoms with Crippen LogP contribution in [0.4, 0.5) is 11.4 Å². The lowest BCUT2D eigenvalue weighted by atomic mass is 9.94. The van der Waals surface area contributed by atoms with E-state index in [0.29, 0.717) is 18.7 Å². The molecule has 0 radical (unpaired) electrons. The molecule has 0 saturated carbocycles. The van der Waals surface area contributed by atoms with E-state index >= 15 is 0 Å². The van der Waals surface area contributed by atoms with E-state index in [-0.39, 0.29) is 17.9 Å². The number of non-ortho nitro benzene ring substituents is 1. The van der Waals surface area contributed by atoms with Gasteiger partial charge in [0.25, 0.3) is 5.69 Å². The Hall–Kier alpha value is -3.46. The number of nitro benzene ring substituents is 1. The molecule has 9 nitrogen and oxygen atoms in total. The van der Waals surface area contributed by atoms with Gasteiger partial charge < -0.3 is 14.8 Å². The number of hydrogen-bond acceptors (Lipinski definition) is 7. The maximum Gasteiger partial charge on any atom is 0.323 e. The second kappa shape index (κ2) is 8.70. The first kappa shape index (κ1) is 20.3. The Morgan fingerprint density at radius 2 is 1.93 bits per heavy atom. The number of rotatable bonds is 6. The fourth-order valence-electron chi connectivity index (χ4n) is 3.39. The van der Waals surface area contributed by atoms with E-state index in [0.717, 1.165) is 11.1 Å². The van der Waals surface area contributed by atoms with Crippen LogP contribution in [0.15, 0.2) is 42.5 Å². The van der Waals surface area contributed by atoms with E-state index in [2.05, 4.69) is 5.32 Å². The van der Waals surface area contributed by atoms with Crippen molar-refractivity contribution in [1.29, 1.82) is 0 Å². The normalized spacial score (nSPS) is 15.9. The molecule has 1 aliphatic rings.